The molecule has 0 bridgehead atoms. The lowest BCUT2D eigenvalue weighted by Crippen LogP contribution is -2.42. The van der Waals surface area contributed by atoms with Gasteiger partial charge in [-0.2, -0.15) is 5.10 Å². The van der Waals surface area contributed by atoms with Crippen LogP contribution in [0.1, 0.15) is 5.56 Å². The molecular weight excluding hydrogens is 352 g/mol. The highest BCUT2D eigenvalue weighted by Gasteiger charge is 2.09. The molecule has 21 heavy (non-hydrogen) atoms. The second-order valence-corrected chi connectivity index (χ2v) is 5.86. The van der Waals surface area contributed by atoms with Gasteiger partial charge in [-0.25, -0.2) is 0 Å². The lowest BCUT2D eigenvalue weighted by molar-refractivity contribution is 0.0389. The maximum atomic E-state index is 5.31. The first-order valence-corrected chi connectivity index (χ1v) is 8.07. The van der Waals surface area contributed by atoms with Crippen LogP contribution in [0.3, 0.4) is 0 Å². The topological polar surface area (TPSA) is 48.9 Å². The van der Waals surface area contributed by atoms with Gasteiger partial charge in [0.2, 0.25) is 0 Å². The Balaban J connectivity index is 1.64. The van der Waals surface area contributed by atoms with Crippen LogP contribution in [-0.2, 0) is 4.74 Å². The molecule has 0 saturated carbocycles. The number of hydrogen-bond donors (Lipinski definition) is 2. The molecule has 0 radical (unpaired) electrons. The van der Waals surface area contributed by atoms with Crippen LogP contribution in [-0.4, -0.2) is 55.6 Å². The van der Waals surface area contributed by atoms with E-state index >= 15 is 0 Å². The summed E-state index contributed by atoms with van der Waals surface area (Å²) in [6.07, 6.45) is 1.74. The minimum atomic E-state index is 0.534. The Morgan fingerprint density at radius 1 is 1.38 bits per heavy atom. The Labute approximate surface area is 138 Å². The van der Waals surface area contributed by atoms with Gasteiger partial charge in [0.25, 0.3) is 0 Å². The van der Waals surface area contributed by atoms with Gasteiger partial charge in [0.05, 0.1) is 19.4 Å². The van der Waals surface area contributed by atoms with Crippen LogP contribution in [0.15, 0.2) is 33.8 Å². The Hall–Kier alpha value is -1.02. The molecular formula is C14H19BrN4OS. The summed E-state index contributed by atoms with van der Waals surface area (Å²) in [6.45, 7) is 5.37. The highest BCUT2D eigenvalue weighted by molar-refractivity contribution is 9.10. The molecule has 0 atom stereocenters. The first-order chi connectivity index (χ1) is 10.3. The molecule has 7 heteroatoms. The SMILES string of the molecule is S=C(NCCN1CCOCC1)NN=Cc1ccccc1Br. The molecule has 114 valence electrons. The van der Waals surface area contributed by atoms with Gasteiger partial charge in [-0.1, -0.05) is 34.1 Å². The number of nitrogens with zero attached hydrogens (tertiary/aromatic N) is 2. The first kappa shape index (κ1) is 16.4. The van der Waals surface area contributed by atoms with Gasteiger partial charge in [-0.15, -0.1) is 0 Å². The number of rotatable bonds is 5. The van der Waals surface area contributed by atoms with Crippen molar-refractivity contribution >= 4 is 39.5 Å². The summed E-state index contributed by atoms with van der Waals surface area (Å²) >= 11 is 8.64. The average Bonchev–Trinajstić information content (AvgIpc) is 2.50. The van der Waals surface area contributed by atoms with E-state index in [1.54, 1.807) is 6.21 Å². The summed E-state index contributed by atoms with van der Waals surface area (Å²) in [5, 5.41) is 7.80. The largest absolute Gasteiger partial charge is 0.379 e. The van der Waals surface area contributed by atoms with Crippen LogP contribution in [0, 0.1) is 0 Å². The zero-order valence-corrected chi connectivity index (χ0v) is 14.1. The molecule has 1 saturated heterocycles. The minimum absolute atomic E-state index is 0.534. The zero-order chi connectivity index (χ0) is 14.9. The van der Waals surface area contributed by atoms with E-state index in [2.05, 4.69) is 36.7 Å². The maximum absolute atomic E-state index is 5.31. The van der Waals surface area contributed by atoms with E-state index in [1.807, 2.05) is 24.3 Å². The van der Waals surface area contributed by atoms with Crippen molar-refractivity contribution < 1.29 is 4.74 Å². The van der Waals surface area contributed by atoms with Crippen molar-refractivity contribution in [1.29, 1.82) is 0 Å². The molecule has 0 aromatic heterocycles. The Morgan fingerprint density at radius 3 is 2.90 bits per heavy atom. The van der Waals surface area contributed by atoms with Crippen LogP contribution in [0.5, 0.6) is 0 Å². The Morgan fingerprint density at radius 2 is 2.14 bits per heavy atom. The van der Waals surface area contributed by atoms with E-state index in [-0.39, 0.29) is 0 Å². The van der Waals surface area contributed by atoms with Gasteiger partial charge in [0.1, 0.15) is 0 Å². The summed E-state index contributed by atoms with van der Waals surface area (Å²) in [7, 11) is 0. The van der Waals surface area contributed by atoms with Crippen molar-refractivity contribution in [3.8, 4) is 0 Å². The Kier molecular flexibility index (Phi) is 7.08. The van der Waals surface area contributed by atoms with Gasteiger partial charge < -0.3 is 10.1 Å². The summed E-state index contributed by atoms with van der Waals surface area (Å²) in [6, 6.07) is 7.88. The van der Waals surface area contributed by atoms with E-state index in [1.165, 1.54) is 0 Å². The van der Waals surface area contributed by atoms with Gasteiger partial charge >= 0.3 is 0 Å². The van der Waals surface area contributed by atoms with E-state index in [9.17, 15) is 0 Å². The van der Waals surface area contributed by atoms with Gasteiger partial charge in [0.15, 0.2) is 5.11 Å². The second kappa shape index (κ2) is 9.09. The lowest BCUT2D eigenvalue weighted by Gasteiger charge is -2.26. The molecule has 0 aliphatic carbocycles. The summed E-state index contributed by atoms with van der Waals surface area (Å²) in [5.74, 6) is 0. The van der Waals surface area contributed by atoms with E-state index < -0.39 is 0 Å². The number of halogens is 1. The van der Waals surface area contributed by atoms with Crippen LogP contribution < -0.4 is 10.7 Å². The molecule has 2 rings (SSSR count). The molecule has 0 amide bonds. The third-order valence-corrected chi connectivity index (χ3v) is 4.05. The molecule has 2 N–H and O–H groups in total. The molecule has 1 aromatic carbocycles. The number of morpholine rings is 1. The fourth-order valence-corrected chi connectivity index (χ4v) is 2.47. The number of ether oxygens (including phenoxy) is 1. The predicted molar refractivity (Wildman–Crippen MR) is 92.7 cm³/mol. The second-order valence-electron chi connectivity index (χ2n) is 4.60. The smallest absolute Gasteiger partial charge is 0.187 e. The monoisotopic (exact) mass is 370 g/mol. The lowest BCUT2D eigenvalue weighted by atomic mass is 10.2. The predicted octanol–water partition coefficient (Wildman–Crippen LogP) is 1.58. The molecule has 0 spiro atoms. The quantitative estimate of drug-likeness (QED) is 0.468. The summed E-state index contributed by atoms with van der Waals surface area (Å²) < 4.78 is 6.31. The van der Waals surface area contributed by atoms with E-state index in [0.717, 1.165) is 49.4 Å². The van der Waals surface area contributed by atoms with Gasteiger partial charge in [0, 0.05) is 36.2 Å². The fraction of sp³-hybridized carbons (Fsp3) is 0.429. The molecule has 5 nitrogen and oxygen atoms in total. The molecule has 1 fully saturated rings. The molecule has 1 aromatic rings. The third kappa shape index (κ3) is 6.09. The maximum Gasteiger partial charge on any atom is 0.187 e. The van der Waals surface area contributed by atoms with Gasteiger partial charge in [-0.05, 0) is 18.3 Å². The van der Waals surface area contributed by atoms with Crippen LogP contribution in [0.2, 0.25) is 0 Å². The van der Waals surface area contributed by atoms with Crippen molar-refractivity contribution in [1.82, 2.24) is 15.6 Å². The normalized spacial score (nSPS) is 16.0. The third-order valence-electron chi connectivity index (χ3n) is 3.09. The van der Waals surface area contributed by atoms with Crippen molar-refractivity contribution in [2.45, 2.75) is 0 Å². The number of hydrazone groups is 1. The van der Waals surface area contributed by atoms with Crippen LogP contribution in [0.4, 0.5) is 0 Å². The van der Waals surface area contributed by atoms with Crippen molar-refractivity contribution in [3.05, 3.63) is 34.3 Å². The highest BCUT2D eigenvalue weighted by Crippen LogP contribution is 2.13. The number of hydrogen-bond acceptors (Lipinski definition) is 4. The van der Waals surface area contributed by atoms with E-state index in [4.69, 9.17) is 17.0 Å². The van der Waals surface area contributed by atoms with Crippen LogP contribution in [0.25, 0.3) is 0 Å². The molecule has 1 aliphatic rings. The first-order valence-electron chi connectivity index (χ1n) is 6.87. The highest BCUT2D eigenvalue weighted by atomic mass is 79.9. The molecule has 1 aliphatic heterocycles. The summed E-state index contributed by atoms with van der Waals surface area (Å²) in [4.78, 5) is 2.35. The fourth-order valence-electron chi connectivity index (χ4n) is 1.93. The van der Waals surface area contributed by atoms with E-state index in [0.29, 0.717) is 5.11 Å². The number of nitrogens with one attached hydrogen (secondary N) is 2. The van der Waals surface area contributed by atoms with Crippen LogP contribution >= 0.6 is 28.1 Å². The number of thiocarbonyl (C=S) groups is 1. The minimum Gasteiger partial charge on any atom is -0.379 e. The molecule has 1 heterocycles. The average molecular weight is 371 g/mol. The standard InChI is InChI=1S/C14H19BrN4OS/c15-13-4-2-1-3-12(13)11-17-18-14(21)16-5-6-19-7-9-20-10-8-19/h1-4,11H,5-10H2,(H2,16,18,21). The zero-order valence-electron chi connectivity index (χ0n) is 11.7. The number of benzene rings is 1. The Bertz CT molecular complexity index is 492. The van der Waals surface area contributed by atoms with Gasteiger partial charge in [-0.3, -0.25) is 10.3 Å². The van der Waals surface area contributed by atoms with Crippen molar-refractivity contribution in [2.75, 3.05) is 39.4 Å². The van der Waals surface area contributed by atoms with Crippen molar-refractivity contribution in [2.24, 2.45) is 5.10 Å². The molecule has 0 unspecified atom stereocenters. The van der Waals surface area contributed by atoms with Crippen molar-refractivity contribution in [3.63, 3.8) is 0 Å². The summed E-state index contributed by atoms with van der Waals surface area (Å²) in [5.41, 5.74) is 3.82.